The molecule has 6 nitrogen and oxygen atoms in total. The quantitative estimate of drug-likeness (QED) is 0.372. The summed E-state index contributed by atoms with van der Waals surface area (Å²) in [4.78, 5) is 9.11. The van der Waals surface area contributed by atoms with Crippen molar-refractivity contribution in [3.05, 3.63) is 46.6 Å². The molecule has 1 saturated heterocycles. The summed E-state index contributed by atoms with van der Waals surface area (Å²) in [6, 6.07) is 7.29. The van der Waals surface area contributed by atoms with E-state index in [0.717, 1.165) is 49.0 Å². The molecular weight excluding hydrogens is 506 g/mol. The maximum Gasteiger partial charge on any atom is 0.193 e. The number of anilines is 1. The first-order valence-corrected chi connectivity index (χ1v) is 10.4. The van der Waals surface area contributed by atoms with E-state index >= 15 is 0 Å². The van der Waals surface area contributed by atoms with E-state index in [-0.39, 0.29) is 36.6 Å². The normalized spacial score (nSPS) is 16.7. The summed E-state index contributed by atoms with van der Waals surface area (Å²) < 4.78 is 24.7. The summed E-state index contributed by atoms with van der Waals surface area (Å²) in [6.45, 7) is 5.08. The van der Waals surface area contributed by atoms with Crippen LogP contribution in [0.5, 0.6) is 5.75 Å². The molecule has 158 valence electrons. The minimum atomic E-state index is -0.253. The van der Waals surface area contributed by atoms with Crippen LogP contribution in [0, 0.1) is 5.82 Å². The van der Waals surface area contributed by atoms with Crippen molar-refractivity contribution in [2.24, 2.45) is 4.99 Å². The Morgan fingerprint density at radius 1 is 1.28 bits per heavy atom. The van der Waals surface area contributed by atoms with Crippen molar-refractivity contribution in [1.82, 2.24) is 10.2 Å². The van der Waals surface area contributed by atoms with Gasteiger partial charge in [0.05, 0.1) is 11.6 Å². The highest BCUT2D eigenvalue weighted by Crippen LogP contribution is 2.29. The average molecular weight is 532 g/mol. The van der Waals surface area contributed by atoms with Gasteiger partial charge >= 0.3 is 0 Å². The molecule has 0 amide bonds. The van der Waals surface area contributed by atoms with Gasteiger partial charge < -0.3 is 24.6 Å². The average Bonchev–Trinajstić information content (AvgIpc) is 3.26. The Balaban J connectivity index is 0.00000240. The zero-order chi connectivity index (χ0) is 19.3. The molecule has 3 heterocycles. The van der Waals surface area contributed by atoms with Crippen LogP contribution >= 0.6 is 35.3 Å². The Hall–Kier alpha value is -1.59. The highest BCUT2D eigenvalue weighted by Gasteiger charge is 2.21. The van der Waals surface area contributed by atoms with Crippen molar-refractivity contribution in [2.45, 2.75) is 13.0 Å². The van der Waals surface area contributed by atoms with Crippen LogP contribution < -0.4 is 15.0 Å². The van der Waals surface area contributed by atoms with Gasteiger partial charge in [-0.1, -0.05) is 0 Å². The summed E-state index contributed by atoms with van der Waals surface area (Å²) in [5.74, 6) is 1.39. The number of aliphatic imine (C=N–C) groups is 1. The molecule has 0 radical (unpaired) electrons. The molecule has 0 atom stereocenters. The smallest absolute Gasteiger partial charge is 0.193 e. The lowest BCUT2D eigenvalue weighted by atomic mass is 10.1. The SMILES string of the molecule is CN=C(NCCc1cc(F)cc2c1OCOC2)N1CCN(c2cccs2)CC1.I. The lowest BCUT2D eigenvalue weighted by Gasteiger charge is -2.37. The number of guanidine groups is 1. The standard InChI is InChI=1S/C20H25FN4O2S.HI/c1-22-20(25-8-6-24(7-9-25)18-3-2-10-28-18)23-5-4-15-11-17(21)12-16-13-26-14-27-19(15)16;/h2-3,10-12H,4-9,13-14H2,1H3,(H,22,23);1H. The summed E-state index contributed by atoms with van der Waals surface area (Å²) in [6.07, 6.45) is 0.661. The Kier molecular flexibility index (Phi) is 7.96. The number of halogens is 2. The molecule has 0 unspecified atom stereocenters. The third-order valence-corrected chi connectivity index (χ3v) is 5.97. The monoisotopic (exact) mass is 532 g/mol. The van der Waals surface area contributed by atoms with E-state index in [1.54, 1.807) is 24.5 Å². The van der Waals surface area contributed by atoms with Gasteiger partial charge in [0.25, 0.3) is 0 Å². The predicted molar refractivity (Wildman–Crippen MR) is 125 cm³/mol. The number of piperazine rings is 1. The molecule has 1 N–H and O–H groups in total. The number of hydrogen-bond acceptors (Lipinski definition) is 5. The molecule has 0 saturated carbocycles. The maximum absolute atomic E-state index is 13.9. The summed E-state index contributed by atoms with van der Waals surface area (Å²) in [5, 5.41) is 6.85. The zero-order valence-corrected chi connectivity index (χ0v) is 19.5. The molecular formula is C20H26FIN4O2S. The van der Waals surface area contributed by atoms with Gasteiger partial charge in [-0.25, -0.2) is 4.39 Å². The number of nitrogens with zero attached hydrogens (tertiary/aromatic N) is 3. The number of ether oxygens (including phenoxy) is 2. The van der Waals surface area contributed by atoms with Crippen molar-refractivity contribution in [3.8, 4) is 5.75 Å². The first kappa shape index (κ1) is 22.1. The molecule has 0 aliphatic carbocycles. The molecule has 0 bridgehead atoms. The van der Waals surface area contributed by atoms with Gasteiger partial charge in [0.1, 0.15) is 11.6 Å². The summed E-state index contributed by atoms with van der Waals surface area (Å²) in [5.41, 5.74) is 1.64. The third-order valence-electron chi connectivity index (χ3n) is 5.04. The van der Waals surface area contributed by atoms with Crippen LogP contribution in [0.1, 0.15) is 11.1 Å². The fourth-order valence-corrected chi connectivity index (χ4v) is 4.46. The van der Waals surface area contributed by atoms with Crippen molar-refractivity contribution < 1.29 is 13.9 Å². The first-order chi connectivity index (χ1) is 13.7. The van der Waals surface area contributed by atoms with Crippen molar-refractivity contribution in [1.29, 1.82) is 0 Å². The van der Waals surface area contributed by atoms with Gasteiger partial charge in [0.15, 0.2) is 12.8 Å². The molecule has 2 aromatic rings. The second-order valence-corrected chi connectivity index (χ2v) is 7.74. The molecule has 1 aromatic carbocycles. The summed E-state index contributed by atoms with van der Waals surface area (Å²) >= 11 is 1.78. The molecule has 2 aliphatic rings. The number of fused-ring (bicyclic) bond motifs is 1. The van der Waals surface area contributed by atoms with Gasteiger partial charge in [-0.15, -0.1) is 35.3 Å². The number of thiophene rings is 1. The van der Waals surface area contributed by atoms with Gasteiger partial charge in [-0.2, -0.15) is 0 Å². The first-order valence-electron chi connectivity index (χ1n) is 9.50. The second kappa shape index (κ2) is 10.4. The molecule has 2 aliphatic heterocycles. The Bertz CT molecular complexity index is 826. The molecule has 0 spiro atoms. The highest BCUT2D eigenvalue weighted by molar-refractivity contribution is 14.0. The topological polar surface area (TPSA) is 49.3 Å². The van der Waals surface area contributed by atoms with E-state index in [1.807, 2.05) is 0 Å². The van der Waals surface area contributed by atoms with E-state index in [0.29, 0.717) is 19.6 Å². The number of benzene rings is 1. The number of rotatable bonds is 4. The van der Waals surface area contributed by atoms with Gasteiger partial charge in [-0.05, 0) is 41.6 Å². The van der Waals surface area contributed by atoms with Gasteiger partial charge in [0, 0.05) is 45.3 Å². The van der Waals surface area contributed by atoms with E-state index < -0.39 is 0 Å². The largest absolute Gasteiger partial charge is 0.467 e. The molecule has 29 heavy (non-hydrogen) atoms. The van der Waals surface area contributed by atoms with Crippen LogP contribution in [0.15, 0.2) is 34.6 Å². The van der Waals surface area contributed by atoms with Gasteiger partial charge in [-0.3, -0.25) is 4.99 Å². The van der Waals surface area contributed by atoms with E-state index in [2.05, 4.69) is 37.6 Å². The van der Waals surface area contributed by atoms with Crippen molar-refractivity contribution in [2.75, 3.05) is 51.5 Å². The fraction of sp³-hybridized carbons (Fsp3) is 0.450. The van der Waals surface area contributed by atoms with Crippen molar-refractivity contribution in [3.63, 3.8) is 0 Å². The highest BCUT2D eigenvalue weighted by atomic mass is 127. The maximum atomic E-state index is 13.9. The molecule has 9 heteroatoms. The predicted octanol–water partition coefficient (Wildman–Crippen LogP) is 3.31. The fourth-order valence-electron chi connectivity index (χ4n) is 3.67. The van der Waals surface area contributed by atoms with Crippen LogP contribution in [-0.4, -0.2) is 57.4 Å². The molecule has 1 aromatic heterocycles. The lowest BCUT2D eigenvalue weighted by Crippen LogP contribution is -2.52. The van der Waals surface area contributed by atoms with Crippen LogP contribution in [0.3, 0.4) is 0 Å². The minimum absolute atomic E-state index is 0. The second-order valence-electron chi connectivity index (χ2n) is 6.81. The van der Waals surface area contributed by atoms with E-state index in [1.165, 1.54) is 11.1 Å². The minimum Gasteiger partial charge on any atom is -0.467 e. The van der Waals surface area contributed by atoms with E-state index in [4.69, 9.17) is 9.47 Å². The van der Waals surface area contributed by atoms with Crippen LogP contribution in [0.25, 0.3) is 0 Å². The third kappa shape index (κ3) is 5.32. The Morgan fingerprint density at radius 3 is 2.83 bits per heavy atom. The number of nitrogens with one attached hydrogen (secondary N) is 1. The Morgan fingerprint density at radius 2 is 2.10 bits per heavy atom. The van der Waals surface area contributed by atoms with Crippen molar-refractivity contribution >= 4 is 46.3 Å². The van der Waals surface area contributed by atoms with Crippen LogP contribution in [0.4, 0.5) is 9.39 Å². The van der Waals surface area contributed by atoms with Crippen LogP contribution in [0.2, 0.25) is 0 Å². The lowest BCUT2D eigenvalue weighted by molar-refractivity contribution is -0.0172. The number of hydrogen-bond donors (Lipinski definition) is 1. The molecule has 4 rings (SSSR count). The molecule has 1 fully saturated rings. The van der Waals surface area contributed by atoms with E-state index in [9.17, 15) is 4.39 Å². The van der Waals surface area contributed by atoms with Gasteiger partial charge in [0.2, 0.25) is 0 Å². The Labute approximate surface area is 191 Å². The summed E-state index contributed by atoms with van der Waals surface area (Å²) in [7, 11) is 1.80. The van der Waals surface area contributed by atoms with Crippen LogP contribution in [-0.2, 0) is 17.8 Å². The zero-order valence-electron chi connectivity index (χ0n) is 16.4.